The molecule has 1 atom stereocenters. The molecule has 0 N–H and O–H groups in total. The van der Waals surface area contributed by atoms with Gasteiger partial charge in [0.05, 0.1) is 6.20 Å². The van der Waals surface area contributed by atoms with E-state index in [9.17, 15) is 8.42 Å². The molecule has 0 saturated heterocycles. The Morgan fingerprint density at radius 1 is 1.24 bits per heavy atom. The number of aromatic nitrogens is 1. The number of para-hydroxylation sites is 1. The van der Waals surface area contributed by atoms with Crippen molar-refractivity contribution < 1.29 is 13.2 Å². The molecule has 0 saturated carbocycles. The van der Waals surface area contributed by atoms with Gasteiger partial charge in [-0.25, -0.2) is 13.4 Å². The Balaban J connectivity index is 2.27. The van der Waals surface area contributed by atoms with E-state index in [4.69, 9.17) is 15.4 Å². The minimum Gasteiger partial charge on any atom is -0.439 e. The highest BCUT2D eigenvalue weighted by atomic mass is 35.7. The number of halogens is 1. The predicted octanol–water partition coefficient (Wildman–Crippen LogP) is 4.31. The van der Waals surface area contributed by atoms with Crippen LogP contribution in [0.4, 0.5) is 0 Å². The van der Waals surface area contributed by atoms with Gasteiger partial charge in [0.2, 0.25) is 5.88 Å². The first kappa shape index (κ1) is 15.8. The second-order valence-electron chi connectivity index (χ2n) is 4.72. The zero-order chi connectivity index (χ0) is 15.5. The van der Waals surface area contributed by atoms with Crippen molar-refractivity contribution in [1.29, 1.82) is 0 Å². The Morgan fingerprint density at radius 3 is 2.52 bits per heavy atom. The highest BCUT2D eigenvalue weighted by Gasteiger charge is 2.13. The highest BCUT2D eigenvalue weighted by molar-refractivity contribution is 8.13. The summed E-state index contributed by atoms with van der Waals surface area (Å²) in [5, 5.41) is 0. The molecule has 0 bridgehead atoms. The van der Waals surface area contributed by atoms with Crippen LogP contribution in [-0.2, 0) is 9.05 Å². The third-order valence-electron chi connectivity index (χ3n) is 3.27. The zero-order valence-corrected chi connectivity index (χ0v) is 13.4. The van der Waals surface area contributed by atoms with Crippen molar-refractivity contribution in [2.24, 2.45) is 0 Å². The summed E-state index contributed by atoms with van der Waals surface area (Å²) in [4.78, 5) is 3.93. The van der Waals surface area contributed by atoms with Crippen LogP contribution in [0, 0.1) is 0 Å². The van der Waals surface area contributed by atoms with E-state index >= 15 is 0 Å². The van der Waals surface area contributed by atoms with Gasteiger partial charge in [-0.05, 0) is 30.0 Å². The van der Waals surface area contributed by atoms with Crippen LogP contribution < -0.4 is 4.74 Å². The Morgan fingerprint density at radius 2 is 1.95 bits per heavy atom. The lowest BCUT2D eigenvalue weighted by Crippen LogP contribution is -1.98. The molecular weight excluding hydrogens is 310 g/mol. The number of ether oxygens (including phenoxy) is 1. The molecule has 1 aromatic carbocycles. The fraction of sp³-hybridized carbons (Fsp3) is 0.267. The van der Waals surface area contributed by atoms with E-state index < -0.39 is 9.05 Å². The molecule has 112 valence electrons. The van der Waals surface area contributed by atoms with Crippen LogP contribution in [0.15, 0.2) is 47.5 Å². The number of hydrogen-bond acceptors (Lipinski definition) is 4. The maximum absolute atomic E-state index is 11.2. The van der Waals surface area contributed by atoms with E-state index in [0.29, 0.717) is 11.8 Å². The van der Waals surface area contributed by atoms with Crippen LogP contribution in [0.25, 0.3) is 0 Å². The average Bonchev–Trinajstić information content (AvgIpc) is 2.46. The summed E-state index contributed by atoms with van der Waals surface area (Å²) in [5.74, 6) is 1.42. The van der Waals surface area contributed by atoms with Crippen molar-refractivity contribution >= 4 is 19.7 Å². The second kappa shape index (κ2) is 6.45. The number of benzene rings is 1. The first-order valence-corrected chi connectivity index (χ1v) is 8.90. The molecule has 0 aliphatic rings. The monoisotopic (exact) mass is 325 g/mol. The normalized spacial score (nSPS) is 12.9. The average molecular weight is 326 g/mol. The molecule has 1 heterocycles. The minimum absolute atomic E-state index is 0.0493. The first-order valence-electron chi connectivity index (χ1n) is 6.59. The molecule has 2 rings (SSSR count). The Hall–Kier alpha value is -1.59. The molecule has 0 aliphatic carbocycles. The number of rotatable bonds is 5. The van der Waals surface area contributed by atoms with Gasteiger partial charge < -0.3 is 4.74 Å². The van der Waals surface area contributed by atoms with Crippen LogP contribution in [0.2, 0.25) is 0 Å². The lowest BCUT2D eigenvalue weighted by atomic mass is 9.98. The van der Waals surface area contributed by atoms with Gasteiger partial charge in [0.25, 0.3) is 9.05 Å². The number of hydrogen-bond donors (Lipinski definition) is 0. The van der Waals surface area contributed by atoms with Crippen molar-refractivity contribution in [1.82, 2.24) is 4.98 Å². The Labute approximate surface area is 129 Å². The Bertz CT molecular complexity index is 714. The SMILES string of the molecule is CCC(C)c1ccccc1Oc1ccc(S(=O)(=O)Cl)cn1. The fourth-order valence-electron chi connectivity index (χ4n) is 1.88. The number of nitrogens with zero attached hydrogens (tertiary/aromatic N) is 1. The van der Waals surface area contributed by atoms with Crippen molar-refractivity contribution in [2.75, 3.05) is 0 Å². The van der Waals surface area contributed by atoms with E-state index in [0.717, 1.165) is 17.7 Å². The van der Waals surface area contributed by atoms with Gasteiger partial charge in [-0.3, -0.25) is 0 Å². The van der Waals surface area contributed by atoms with Gasteiger partial charge in [0.15, 0.2) is 0 Å². The van der Waals surface area contributed by atoms with Gasteiger partial charge in [-0.15, -0.1) is 0 Å². The predicted molar refractivity (Wildman–Crippen MR) is 82.5 cm³/mol. The third kappa shape index (κ3) is 3.95. The maximum Gasteiger partial charge on any atom is 0.262 e. The molecular formula is C15H16ClNO3S. The molecule has 0 fully saturated rings. The third-order valence-corrected chi connectivity index (χ3v) is 4.61. The largest absolute Gasteiger partial charge is 0.439 e. The fourth-order valence-corrected chi connectivity index (χ4v) is 2.57. The van der Waals surface area contributed by atoms with Crippen LogP contribution >= 0.6 is 10.7 Å². The minimum atomic E-state index is -3.76. The summed E-state index contributed by atoms with van der Waals surface area (Å²) in [6, 6.07) is 10.6. The van der Waals surface area contributed by atoms with Gasteiger partial charge >= 0.3 is 0 Å². The summed E-state index contributed by atoms with van der Waals surface area (Å²) in [5.41, 5.74) is 1.09. The van der Waals surface area contributed by atoms with Gasteiger partial charge in [-0.1, -0.05) is 32.0 Å². The molecule has 4 nitrogen and oxygen atoms in total. The zero-order valence-electron chi connectivity index (χ0n) is 11.8. The van der Waals surface area contributed by atoms with E-state index in [1.165, 1.54) is 18.3 Å². The maximum atomic E-state index is 11.2. The second-order valence-corrected chi connectivity index (χ2v) is 7.29. The first-order chi connectivity index (χ1) is 9.91. The topological polar surface area (TPSA) is 56.3 Å². The van der Waals surface area contributed by atoms with Gasteiger partial charge in [0, 0.05) is 16.7 Å². The summed E-state index contributed by atoms with van der Waals surface area (Å²) in [6.45, 7) is 4.23. The van der Waals surface area contributed by atoms with Crippen LogP contribution in [0.1, 0.15) is 31.7 Å². The van der Waals surface area contributed by atoms with Crippen molar-refractivity contribution in [3.8, 4) is 11.6 Å². The lowest BCUT2D eigenvalue weighted by molar-refractivity contribution is 0.451. The molecule has 6 heteroatoms. The molecule has 21 heavy (non-hydrogen) atoms. The quantitative estimate of drug-likeness (QED) is 0.768. The van der Waals surface area contributed by atoms with Crippen molar-refractivity contribution in [3.63, 3.8) is 0 Å². The molecule has 1 aromatic heterocycles. The van der Waals surface area contributed by atoms with Crippen LogP contribution in [0.3, 0.4) is 0 Å². The van der Waals surface area contributed by atoms with E-state index in [1.807, 2.05) is 24.3 Å². The smallest absolute Gasteiger partial charge is 0.262 e. The van der Waals surface area contributed by atoms with Crippen LogP contribution in [-0.4, -0.2) is 13.4 Å². The lowest BCUT2D eigenvalue weighted by Gasteiger charge is -2.14. The number of pyridine rings is 1. The molecule has 0 spiro atoms. The highest BCUT2D eigenvalue weighted by Crippen LogP contribution is 2.31. The molecule has 2 aromatic rings. The van der Waals surface area contributed by atoms with E-state index in [-0.39, 0.29) is 4.90 Å². The van der Waals surface area contributed by atoms with E-state index in [1.54, 1.807) is 0 Å². The summed E-state index contributed by atoms with van der Waals surface area (Å²) in [6.07, 6.45) is 2.18. The van der Waals surface area contributed by atoms with Gasteiger partial charge in [-0.2, -0.15) is 0 Å². The Kier molecular flexibility index (Phi) is 4.85. The molecule has 1 unspecified atom stereocenters. The van der Waals surface area contributed by atoms with Crippen molar-refractivity contribution in [2.45, 2.75) is 31.1 Å². The summed E-state index contributed by atoms with van der Waals surface area (Å²) >= 11 is 0. The van der Waals surface area contributed by atoms with Crippen LogP contribution in [0.5, 0.6) is 11.6 Å². The van der Waals surface area contributed by atoms with Crippen molar-refractivity contribution in [3.05, 3.63) is 48.2 Å². The summed E-state index contributed by atoms with van der Waals surface area (Å²) in [7, 11) is 1.48. The molecule has 0 amide bonds. The van der Waals surface area contributed by atoms with E-state index in [2.05, 4.69) is 18.8 Å². The van der Waals surface area contributed by atoms with Gasteiger partial charge in [0.1, 0.15) is 10.6 Å². The summed E-state index contributed by atoms with van der Waals surface area (Å²) < 4.78 is 28.1. The molecule has 0 aliphatic heterocycles. The molecule has 0 radical (unpaired) electrons. The standard InChI is InChI=1S/C15H16ClNO3S/c1-3-11(2)13-6-4-5-7-14(13)20-15-9-8-12(10-17-15)21(16,18)19/h4-11H,3H2,1-2H3.